The number of benzene rings is 2. The van der Waals surface area contributed by atoms with Crippen LogP contribution < -0.4 is 0 Å². The summed E-state index contributed by atoms with van der Waals surface area (Å²) in [6.45, 7) is 9.83. The van der Waals surface area contributed by atoms with Crippen LogP contribution in [-0.2, 0) is 24.5 Å². The summed E-state index contributed by atoms with van der Waals surface area (Å²) in [6.07, 6.45) is 1.88. The summed E-state index contributed by atoms with van der Waals surface area (Å²) in [5, 5.41) is 2.30. The molecule has 0 spiro atoms. The van der Waals surface area contributed by atoms with E-state index >= 15 is 0 Å². The molecule has 29 heavy (non-hydrogen) atoms. The third-order valence-corrected chi connectivity index (χ3v) is 5.81. The van der Waals surface area contributed by atoms with Crippen LogP contribution in [0.3, 0.4) is 0 Å². The fourth-order valence-corrected chi connectivity index (χ4v) is 4.87. The third-order valence-electron chi connectivity index (χ3n) is 4.28. The molecular formula is C23H24Cl2N2OS. The van der Waals surface area contributed by atoms with Gasteiger partial charge >= 0.3 is 0 Å². The highest BCUT2D eigenvalue weighted by molar-refractivity contribution is 7.99. The molecule has 1 aromatic heterocycles. The van der Waals surface area contributed by atoms with Crippen molar-refractivity contribution in [3.8, 4) is 0 Å². The second-order valence-electron chi connectivity index (χ2n) is 6.96. The number of ether oxygens (including phenoxy) is 1. The van der Waals surface area contributed by atoms with E-state index in [0.717, 1.165) is 27.0 Å². The first-order valence-corrected chi connectivity index (χ1v) is 11.0. The number of halogens is 2. The van der Waals surface area contributed by atoms with Crippen LogP contribution in [0, 0.1) is 0 Å². The van der Waals surface area contributed by atoms with Gasteiger partial charge in [0.05, 0.1) is 12.3 Å². The number of allylic oxidation sites excluding steroid dienone is 1. The Kier molecular flexibility index (Phi) is 7.84. The Morgan fingerprint density at radius 1 is 1.10 bits per heavy atom. The molecule has 0 atom stereocenters. The van der Waals surface area contributed by atoms with E-state index in [1.165, 1.54) is 0 Å². The molecule has 0 N–H and O–H groups in total. The maximum Gasteiger partial charge on any atom is 0.136 e. The molecule has 0 unspecified atom stereocenters. The van der Waals surface area contributed by atoms with E-state index in [1.54, 1.807) is 17.8 Å². The van der Waals surface area contributed by atoms with Gasteiger partial charge in [-0.1, -0.05) is 85.2 Å². The molecule has 3 rings (SSSR count). The van der Waals surface area contributed by atoms with Crippen molar-refractivity contribution in [2.75, 3.05) is 0 Å². The maximum atomic E-state index is 6.20. The van der Waals surface area contributed by atoms with Crippen LogP contribution in [0.15, 0.2) is 71.1 Å². The van der Waals surface area contributed by atoms with Crippen LogP contribution >= 0.6 is 35.0 Å². The topological polar surface area (TPSA) is 27.1 Å². The van der Waals surface area contributed by atoms with Gasteiger partial charge in [0.25, 0.3) is 0 Å². The monoisotopic (exact) mass is 446 g/mol. The van der Waals surface area contributed by atoms with Gasteiger partial charge in [0.2, 0.25) is 0 Å². The van der Waals surface area contributed by atoms with Crippen LogP contribution in [0.4, 0.5) is 0 Å². The molecule has 1 heterocycles. The van der Waals surface area contributed by atoms with E-state index in [0.29, 0.717) is 29.8 Å². The van der Waals surface area contributed by atoms with Gasteiger partial charge in [-0.2, -0.15) is 0 Å². The first-order valence-electron chi connectivity index (χ1n) is 9.43. The first-order chi connectivity index (χ1) is 14.0. The van der Waals surface area contributed by atoms with Crippen molar-refractivity contribution >= 4 is 35.0 Å². The van der Waals surface area contributed by atoms with E-state index in [2.05, 4.69) is 37.1 Å². The van der Waals surface area contributed by atoms with Crippen molar-refractivity contribution in [3.05, 3.63) is 88.3 Å². The molecular weight excluding hydrogens is 423 g/mol. The Labute approximate surface area is 186 Å². The molecule has 0 aliphatic carbocycles. The standard InChI is InChI=1S/C23H24Cl2N2OS/c1-4-10-27-21(15-28-14-17-8-6-5-7-9-17)26-22(16(2)3)23(27)29-20-12-18(24)11-19(25)13-20/h4-9,11-13,16H,1,10,14-15H2,2-3H3. The van der Waals surface area contributed by atoms with Crippen molar-refractivity contribution in [1.29, 1.82) is 0 Å². The smallest absolute Gasteiger partial charge is 0.136 e. The van der Waals surface area contributed by atoms with Crippen molar-refractivity contribution in [2.24, 2.45) is 0 Å². The molecule has 0 fully saturated rings. The number of rotatable bonds is 9. The molecule has 3 aromatic rings. The van der Waals surface area contributed by atoms with Gasteiger partial charge in [0.1, 0.15) is 17.5 Å². The molecule has 0 aliphatic heterocycles. The summed E-state index contributed by atoms with van der Waals surface area (Å²) in [5.41, 5.74) is 2.17. The number of aromatic nitrogens is 2. The summed E-state index contributed by atoms with van der Waals surface area (Å²) in [4.78, 5) is 5.88. The van der Waals surface area contributed by atoms with Crippen molar-refractivity contribution in [1.82, 2.24) is 9.55 Å². The third kappa shape index (κ3) is 5.89. The lowest BCUT2D eigenvalue weighted by atomic mass is 10.1. The number of imidazole rings is 1. The molecule has 0 bridgehead atoms. The van der Waals surface area contributed by atoms with Gasteiger partial charge in [-0.15, -0.1) is 6.58 Å². The van der Waals surface area contributed by atoms with Crippen LogP contribution in [0.5, 0.6) is 0 Å². The molecule has 2 aromatic carbocycles. The molecule has 0 saturated carbocycles. The van der Waals surface area contributed by atoms with Crippen molar-refractivity contribution in [2.45, 2.75) is 49.4 Å². The lowest BCUT2D eigenvalue weighted by Gasteiger charge is -2.12. The summed E-state index contributed by atoms with van der Waals surface area (Å²) in [7, 11) is 0. The lowest BCUT2D eigenvalue weighted by molar-refractivity contribution is 0.0992. The molecule has 3 nitrogen and oxygen atoms in total. The zero-order chi connectivity index (χ0) is 20.8. The van der Waals surface area contributed by atoms with Gasteiger partial charge in [-0.25, -0.2) is 4.98 Å². The van der Waals surface area contributed by atoms with Gasteiger partial charge < -0.3 is 9.30 Å². The number of nitrogens with zero attached hydrogens (tertiary/aromatic N) is 2. The normalized spacial score (nSPS) is 11.2. The summed E-state index contributed by atoms with van der Waals surface area (Å²) < 4.78 is 8.12. The Morgan fingerprint density at radius 2 is 1.79 bits per heavy atom. The molecule has 6 heteroatoms. The Hall–Kier alpha value is -1.72. The van der Waals surface area contributed by atoms with Crippen molar-refractivity contribution in [3.63, 3.8) is 0 Å². The quantitative estimate of drug-likeness (QED) is 0.321. The number of hydrogen-bond donors (Lipinski definition) is 0. The van der Waals surface area contributed by atoms with Crippen LogP contribution in [-0.4, -0.2) is 9.55 Å². The predicted octanol–water partition coefficient (Wildman–Crippen LogP) is 7.37. The number of hydrogen-bond acceptors (Lipinski definition) is 3. The molecule has 0 saturated heterocycles. The summed E-state index contributed by atoms with van der Waals surface area (Å²) in [6, 6.07) is 15.7. The zero-order valence-corrected chi connectivity index (χ0v) is 18.9. The maximum absolute atomic E-state index is 6.20. The van der Waals surface area contributed by atoms with E-state index in [1.807, 2.05) is 36.4 Å². The highest BCUT2D eigenvalue weighted by atomic mass is 35.5. The van der Waals surface area contributed by atoms with E-state index < -0.39 is 0 Å². The molecule has 0 radical (unpaired) electrons. The van der Waals surface area contributed by atoms with Crippen LogP contribution in [0.25, 0.3) is 0 Å². The molecule has 152 valence electrons. The highest BCUT2D eigenvalue weighted by Gasteiger charge is 2.20. The summed E-state index contributed by atoms with van der Waals surface area (Å²) in [5.74, 6) is 1.16. The SMILES string of the molecule is C=CCn1c(COCc2ccccc2)nc(C(C)C)c1Sc1cc(Cl)cc(Cl)c1. The van der Waals surface area contributed by atoms with Gasteiger partial charge in [-0.05, 0) is 29.7 Å². The van der Waals surface area contributed by atoms with Crippen molar-refractivity contribution < 1.29 is 4.74 Å². The van der Waals surface area contributed by atoms with Gasteiger partial charge in [0, 0.05) is 21.5 Å². The van der Waals surface area contributed by atoms with Crippen LogP contribution in [0.1, 0.15) is 36.8 Å². The van der Waals surface area contributed by atoms with Gasteiger partial charge in [-0.3, -0.25) is 0 Å². The fraction of sp³-hybridized carbons (Fsp3) is 0.261. The summed E-state index contributed by atoms with van der Waals surface area (Å²) >= 11 is 14.0. The second kappa shape index (κ2) is 10.4. The fourth-order valence-electron chi connectivity index (χ4n) is 2.95. The predicted molar refractivity (Wildman–Crippen MR) is 122 cm³/mol. The average molecular weight is 447 g/mol. The zero-order valence-electron chi connectivity index (χ0n) is 16.6. The average Bonchev–Trinajstić information content (AvgIpc) is 3.00. The second-order valence-corrected chi connectivity index (χ2v) is 8.89. The molecule has 0 amide bonds. The Bertz CT molecular complexity index is 950. The lowest BCUT2D eigenvalue weighted by Crippen LogP contribution is -2.06. The Balaban J connectivity index is 1.88. The van der Waals surface area contributed by atoms with E-state index in [9.17, 15) is 0 Å². The van der Waals surface area contributed by atoms with E-state index in [4.69, 9.17) is 32.9 Å². The minimum Gasteiger partial charge on any atom is -0.369 e. The Morgan fingerprint density at radius 3 is 2.41 bits per heavy atom. The highest BCUT2D eigenvalue weighted by Crippen LogP contribution is 2.37. The van der Waals surface area contributed by atoms with E-state index in [-0.39, 0.29) is 5.92 Å². The molecule has 0 aliphatic rings. The first kappa shape index (κ1) is 22.0. The van der Waals surface area contributed by atoms with Gasteiger partial charge in [0.15, 0.2) is 0 Å². The minimum atomic E-state index is 0.270. The largest absolute Gasteiger partial charge is 0.369 e. The van der Waals surface area contributed by atoms with Crippen LogP contribution in [0.2, 0.25) is 10.0 Å². The minimum absolute atomic E-state index is 0.270.